The van der Waals surface area contributed by atoms with Crippen molar-refractivity contribution in [2.45, 2.75) is 38.8 Å². The van der Waals surface area contributed by atoms with E-state index in [1.807, 2.05) is 0 Å². The number of hydrogen-bond acceptors (Lipinski definition) is 3. The molecule has 4 nitrogen and oxygen atoms in total. The van der Waals surface area contributed by atoms with E-state index in [1.165, 1.54) is 25.3 Å². The second-order valence-corrected chi connectivity index (χ2v) is 4.39. The largest absolute Gasteiger partial charge is 0.475 e. The molecular formula is C12H17NO3. The van der Waals surface area contributed by atoms with Crippen molar-refractivity contribution in [2.75, 3.05) is 6.54 Å². The van der Waals surface area contributed by atoms with Gasteiger partial charge in [-0.3, -0.25) is 4.90 Å². The summed E-state index contributed by atoms with van der Waals surface area (Å²) in [6.45, 7) is 4.00. The van der Waals surface area contributed by atoms with Crippen molar-refractivity contribution < 1.29 is 14.3 Å². The van der Waals surface area contributed by atoms with Crippen LogP contribution in [0.25, 0.3) is 0 Å². The lowest BCUT2D eigenvalue weighted by atomic mass is 10.0. The van der Waals surface area contributed by atoms with Crippen LogP contribution in [0.1, 0.15) is 42.5 Å². The van der Waals surface area contributed by atoms with Crippen LogP contribution in [0.4, 0.5) is 0 Å². The van der Waals surface area contributed by atoms with Crippen LogP contribution < -0.4 is 0 Å². The minimum absolute atomic E-state index is 0.0275. The highest BCUT2D eigenvalue weighted by atomic mass is 16.4. The molecule has 0 bridgehead atoms. The standard InChI is InChI=1S/C12H17NO3/c1-9-4-2-3-7-13(9)8-10-5-6-11(16-10)12(14)15/h5-6,9H,2-4,7-8H2,1H3,(H,14,15)/t9-/m0/s1. The molecule has 88 valence electrons. The van der Waals surface area contributed by atoms with Gasteiger partial charge >= 0.3 is 5.97 Å². The number of hydrogen-bond donors (Lipinski definition) is 1. The highest BCUT2D eigenvalue weighted by Crippen LogP contribution is 2.20. The van der Waals surface area contributed by atoms with Crippen LogP contribution >= 0.6 is 0 Å². The average molecular weight is 223 g/mol. The molecule has 4 heteroatoms. The predicted molar refractivity (Wildman–Crippen MR) is 59.4 cm³/mol. The second-order valence-electron chi connectivity index (χ2n) is 4.39. The van der Waals surface area contributed by atoms with Gasteiger partial charge in [-0.2, -0.15) is 0 Å². The molecule has 0 amide bonds. The van der Waals surface area contributed by atoms with Gasteiger partial charge in [0.15, 0.2) is 0 Å². The van der Waals surface area contributed by atoms with Crippen LogP contribution in [0.15, 0.2) is 16.5 Å². The third-order valence-electron chi connectivity index (χ3n) is 3.17. The van der Waals surface area contributed by atoms with E-state index < -0.39 is 5.97 Å². The molecule has 0 saturated carbocycles. The zero-order chi connectivity index (χ0) is 11.5. The van der Waals surface area contributed by atoms with Crippen molar-refractivity contribution >= 4 is 5.97 Å². The van der Waals surface area contributed by atoms with Gasteiger partial charge in [-0.1, -0.05) is 6.42 Å². The summed E-state index contributed by atoms with van der Waals surface area (Å²) in [7, 11) is 0. The van der Waals surface area contributed by atoms with Crippen molar-refractivity contribution in [3.05, 3.63) is 23.7 Å². The van der Waals surface area contributed by atoms with E-state index in [1.54, 1.807) is 6.07 Å². The van der Waals surface area contributed by atoms with E-state index in [0.29, 0.717) is 12.6 Å². The minimum Gasteiger partial charge on any atom is -0.475 e. The lowest BCUT2D eigenvalue weighted by molar-refractivity contribution is 0.0656. The summed E-state index contributed by atoms with van der Waals surface area (Å²) in [5, 5.41) is 8.75. The molecule has 1 saturated heterocycles. The van der Waals surface area contributed by atoms with Gasteiger partial charge in [0.25, 0.3) is 0 Å². The van der Waals surface area contributed by atoms with E-state index >= 15 is 0 Å². The maximum absolute atomic E-state index is 10.7. The fourth-order valence-corrected chi connectivity index (χ4v) is 2.17. The highest BCUT2D eigenvalue weighted by Gasteiger charge is 2.20. The SMILES string of the molecule is C[C@H]1CCCCN1Cc1ccc(C(=O)O)o1. The molecule has 1 aromatic rings. The smallest absolute Gasteiger partial charge is 0.371 e. The molecule has 0 unspecified atom stereocenters. The molecule has 2 rings (SSSR count). The van der Waals surface area contributed by atoms with Gasteiger partial charge in [-0.05, 0) is 38.4 Å². The number of piperidine rings is 1. The number of furan rings is 1. The van der Waals surface area contributed by atoms with E-state index in [-0.39, 0.29) is 5.76 Å². The monoisotopic (exact) mass is 223 g/mol. The second kappa shape index (κ2) is 4.70. The number of likely N-dealkylation sites (tertiary alicyclic amines) is 1. The quantitative estimate of drug-likeness (QED) is 0.854. The Bertz CT molecular complexity index is 372. The number of carboxylic acids is 1. The summed E-state index contributed by atoms with van der Waals surface area (Å²) in [6, 6.07) is 3.84. The van der Waals surface area contributed by atoms with Crippen LogP contribution in [0, 0.1) is 0 Å². The molecule has 1 aliphatic rings. The van der Waals surface area contributed by atoms with Crippen molar-refractivity contribution in [1.82, 2.24) is 4.90 Å². The molecule has 16 heavy (non-hydrogen) atoms. The Morgan fingerprint density at radius 2 is 2.38 bits per heavy atom. The van der Waals surface area contributed by atoms with Gasteiger partial charge in [0.05, 0.1) is 6.54 Å². The molecule has 0 radical (unpaired) electrons. The number of nitrogens with zero attached hydrogens (tertiary/aromatic N) is 1. The van der Waals surface area contributed by atoms with Crippen LogP contribution in [0.5, 0.6) is 0 Å². The molecular weight excluding hydrogens is 206 g/mol. The molecule has 1 fully saturated rings. The van der Waals surface area contributed by atoms with Crippen LogP contribution in [0.2, 0.25) is 0 Å². The minimum atomic E-state index is -1.00. The van der Waals surface area contributed by atoms with Gasteiger partial charge in [0.1, 0.15) is 5.76 Å². The van der Waals surface area contributed by atoms with Gasteiger partial charge in [0.2, 0.25) is 5.76 Å². The number of rotatable bonds is 3. The molecule has 1 N–H and O–H groups in total. The summed E-state index contributed by atoms with van der Waals surface area (Å²) in [5.74, 6) is -0.233. The topological polar surface area (TPSA) is 53.7 Å². The first-order valence-electron chi connectivity index (χ1n) is 5.73. The lowest BCUT2D eigenvalue weighted by Crippen LogP contribution is -2.36. The van der Waals surface area contributed by atoms with E-state index in [4.69, 9.17) is 9.52 Å². The Hall–Kier alpha value is -1.29. The summed E-state index contributed by atoms with van der Waals surface area (Å²) in [5.41, 5.74) is 0. The Kier molecular flexibility index (Phi) is 3.29. The first kappa shape index (κ1) is 11.2. The highest BCUT2D eigenvalue weighted by molar-refractivity contribution is 5.84. The van der Waals surface area contributed by atoms with Crippen molar-refractivity contribution in [3.8, 4) is 0 Å². The van der Waals surface area contributed by atoms with E-state index in [9.17, 15) is 4.79 Å². The number of carbonyl (C=O) groups is 1. The van der Waals surface area contributed by atoms with Crippen LogP contribution in [0.3, 0.4) is 0 Å². The molecule has 2 heterocycles. The zero-order valence-corrected chi connectivity index (χ0v) is 9.48. The van der Waals surface area contributed by atoms with Crippen LogP contribution in [-0.2, 0) is 6.54 Å². The van der Waals surface area contributed by atoms with E-state index in [2.05, 4.69) is 11.8 Å². The Morgan fingerprint density at radius 1 is 1.56 bits per heavy atom. The van der Waals surface area contributed by atoms with Gasteiger partial charge in [-0.25, -0.2) is 4.79 Å². The summed E-state index contributed by atoms with van der Waals surface area (Å²) in [4.78, 5) is 13.0. The first-order chi connectivity index (χ1) is 7.66. The van der Waals surface area contributed by atoms with Crippen LogP contribution in [-0.4, -0.2) is 28.6 Å². The molecule has 1 aliphatic heterocycles. The normalized spacial score (nSPS) is 22.2. The summed E-state index contributed by atoms with van der Waals surface area (Å²) >= 11 is 0. The molecule has 0 aliphatic carbocycles. The third-order valence-corrected chi connectivity index (χ3v) is 3.17. The lowest BCUT2D eigenvalue weighted by Gasteiger charge is -2.32. The number of aromatic carboxylic acids is 1. The molecule has 1 aromatic heterocycles. The van der Waals surface area contributed by atoms with Gasteiger partial charge < -0.3 is 9.52 Å². The molecule has 0 spiro atoms. The molecule has 1 atom stereocenters. The average Bonchev–Trinajstić information content (AvgIpc) is 2.70. The maximum atomic E-state index is 10.7. The van der Waals surface area contributed by atoms with E-state index in [0.717, 1.165) is 12.3 Å². The van der Waals surface area contributed by atoms with Gasteiger partial charge in [-0.15, -0.1) is 0 Å². The summed E-state index contributed by atoms with van der Waals surface area (Å²) < 4.78 is 5.25. The van der Waals surface area contributed by atoms with Gasteiger partial charge in [0, 0.05) is 6.04 Å². The fraction of sp³-hybridized carbons (Fsp3) is 0.583. The maximum Gasteiger partial charge on any atom is 0.371 e. The predicted octanol–water partition coefficient (Wildman–Crippen LogP) is 2.35. The third kappa shape index (κ3) is 2.44. The first-order valence-corrected chi connectivity index (χ1v) is 5.73. The van der Waals surface area contributed by atoms with Crippen molar-refractivity contribution in [3.63, 3.8) is 0 Å². The van der Waals surface area contributed by atoms with Crippen molar-refractivity contribution in [2.24, 2.45) is 0 Å². The fourth-order valence-electron chi connectivity index (χ4n) is 2.17. The molecule has 0 aromatic carbocycles. The Labute approximate surface area is 94.9 Å². The Morgan fingerprint density at radius 3 is 3.00 bits per heavy atom. The number of carboxylic acid groups (broad SMARTS) is 1. The zero-order valence-electron chi connectivity index (χ0n) is 9.48. The van der Waals surface area contributed by atoms with Crippen molar-refractivity contribution in [1.29, 1.82) is 0 Å². The Balaban J connectivity index is 1.99. The summed E-state index contributed by atoms with van der Waals surface area (Å²) in [6.07, 6.45) is 3.72.